The van der Waals surface area contributed by atoms with E-state index < -0.39 is 12.6 Å². The number of alkyl halides is 3. The summed E-state index contributed by atoms with van der Waals surface area (Å²) >= 11 is 1.79. The summed E-state index contributed by atoms with van der Waals surface area (Å²) in [6, 6.07) is 4.22. The molecule has 0 amide bonds. The van der Waals surface area contributed by atoms with Crippen LogP contribution in [-0.2, 0) is 16.0 Å². The van der Waals surface area contributed by atoms with Crippen LogP contribution in [0, 0.1) is 0 Å². The van der Waals surface area contributed by atoms with Gasteiger partial charge in [-0.25, -0.2) is 0 Å². The average Bonchev–Trinajstić information content (AvgIpc) is 3.09. The summed E-state index contributed by atoms with van der Waals surface area (Å²) in [4.78, 5) is 22.0. The van der Waals surface area contributed by atoms with Crippen LogP contribution >= 0.6 is 11.3 Å². The van der Waals surface area contributed by atoms with Crippen molar-refractivity contribution in [3.63, 3.8) is 0 Å². The fourth-order valence-corrected chi connectivity index (χ4v) is 3.15. The van der Waals surface area contributed by atoms with Gasteiger partial charge in [0.25, 0.3) is 0 Å². The van der Waals surface area contributed by atoms with Crippen LogP contribution in [0.15, 0.2) is 41.8 Å². The van der Waals surface area contributed by atoms with Crippen molar-refractivity contribution in [2.45, 2.75) is 64.0 Å². The van der Waals surface area contributed by atoms with E-state index in [0.717, 1.165) is 25.7 Å². The third kappa shape index (κ3) is 12.6. The van der Waals surface area contributed by atoms with Crippen LogP contribution in [0.5, 0.6) is 0 Å². The third-order valence-electron chi connectivity index (χ3n) is 3.79. The lowest BCUT2D eigenvalue weighted by Crippen LogP contribution is -2.06. The van der Waals surface area contributed by atoms with Crippen LogP contribution in [0.25, 0.3) is 0 Å². The minimum atomic E-state index is -3.97. The van der Waals surface area contributed by atoms with Gasteiger partial charge in [-0.1, -0.05) is 38.2 Å². The zero-order chi connectivity index (χ0) is 19.3. The maximum Gasteiger partial charge on any atom is 0.389 e. The zero-order valence-corrected chi connectivity index (χ0v) is 15.6. The van der Waals surface area contributed by atoms with Gasteiger partial charge in [-0.2, -0.15) is 13.2 Å². The summed E-state index contributed by atoms with van der Waals surface area (Å²) in [5.74, 6) is -0.241. The van der Waals surface area contributed by atoms with Crippen molar-refractivity contribution in [3.05, 3.63) is 46.7 Å². The summed E-state index contributed by atoms with van der Waals surface area (Å²) in [6.07, 6.45) is 8.12. The van der Waals surface area contributed by atoms with Crippen molar-refractivity contribution >= 4 is 22.9 Å². The molecular formula is C20H25F3O2S. The van der Waals surface area contributed by atoms with Gasteiger partial charge in [0.05, 0.1) is 0 Å². The van der Waals surface area contributed by atoms with Crippen molar-refractivity contribution in [1.82, 2.24) is 0 Å². The third-order valence-corrected chi connectivity index (χ3v) is 4.72. The summed E-state index contributed by atoms with van der Waals surface area (Å²) in [6.45, 7) is 0. The second-order valence-corrected chi connectivity index (χ2v) is 7.17. The van der Waals surface area contributed by atoms with E-state index in [1.807, 2.05) is 0 Å². The van der Waals surface area contributed by atoms with E-state index in [4.69, 9.17) is 0 Å². The number of thiophene rings is 1. The number of hydrogen-bond acceptors (Lipinski definition) is 3. The molecule has 0 aliphatic heterocycles. The summed E-state index contributed by atoms with van der Waals surface area (Å²) in [5.41, 5.74) is 0. The summed E-state index contributed by atoms with van der Waals surface area (Å²) in [7, 11) is 0. The Hall–Kier alpha value is -1.69. The Bertz CT molecular complexity index is 549. The lowest BCUT2D eigenvalue weighted by molar-refractivity contribution is -0.135. The number of hydrogen-bond donors (Lipinski definition) is 0. The van der Waals surface area contributed by atoms with Gasteiger partial charge in [0.1, 0.15) is 0 Å². The van der Waals surface area contributed by atoms with Crippen LogP contribution < -0.4 is 0 Å². The monoisotopic (exact) mass is 386 g/mol. The molecule has 0 unspecified atom stereocenters. The van der Waals surface area contributed by atoms with Gasteiger partial charge in [-0.3, -0.25) is 9.59 Å². The molecule has 1 aromatic heterocycles. The Morgan fingerprint density at radius 2 is 1.27 bits per heavy atom. The fraction of sp³-hybridized carbons (Fsp3) is 0.500. The van der Waals surface area contributed by atoms with E-state index in [1.54, 1.807) is 11.3 Å². The van der Waals surface area contributed by atoms with Crippen molar-refractivity contribution in [2.24, 2.45) is 0 Å². The first-order valence-electron chi connectivity index (χ1n) is 8.90. The Kier molecular flexibility index (Phi) is 10.9. The predicted molar refractivity (Wildman–Crippen MR) is 99.3 cm³/mol. The number of unbranched alkanes of at least 4 members (excludes halogenated alkanes) is 6. The molecule has 1 aliphatic rings. The van der Waals surface area contributed by atoms with Gasteiger partial charge in [-0.15, -0.1) is 11.3 Å². The minimum Gasteiger partial charge on any atom is -0.290 e. The Morgan fingerprint density at radius 1 is 0.769 bits per heavy atom. The molecule has 2 nitrogen and oxygen atoms in total. The van der Waals surface area contributed by atoms with Crippen LogP contribution in [0.2, 0.25) is 0 Å². The Morgan fingerprint density at radius 3 is 1.73 bits per heavy atom. The molecule has 0 N–H and O–H groups in total. The first-order chi connectivity index (χ1) is 12.4. The second kappa shape index (κ2) is 12.6. The van der Waals surface area contributed by atoms with Crippen LogP contribution in [0.1, 0.15) is 56.2 Å². The highest BCUT2D eigenvalue weighted by Gasteiger charge is 2.25. The number of ketones is 2. The fourth-order valence-electron chi connectivity index (χ4n) is 2.40. The van der Waals surface area contributed by atoms with Crippen molar-refractivity contribution in [2.75, 3.05) is 0 Å². The van der Waals surface area contributed by atoms with Crippen LogP contribution in [0.4, 0.5) is 13.2 Å². The normalized spacial score (nSPS) is 13.7. The molecule has 0 radical (unpaired) electrons. The highest BCUT2D eigenvalue weighted by atomic mass is 32.1. The molecule has 0 saturated carbocycles. The highest BCUT2D eigenvalue weighted by Crippen LogP contribution is 2.23. The molecular weight excluding hydrogens is 361 g/mol. The topological polar surface area (TPSA) is 34.1 Å². The molecule has 0 spiro atoms. The smallest absolute Gasteiger partial charge is 0.290 e. The van der Waals surface area contributed by atoms with E-state index in [0.29, 0.717) is 12.8 Å². The quantitative estimate of drug-likeness (QED) is 0.373. The first kappa shape index (κ1) is 22.4. The van der Waals surface area contributed by atoms with E-state index in [-0.39, 0.29) is 11.6 Å². The lowest BCUT2D eigenvalue weighted by atomic mass is 10.1. The van der Waals surface area contributed by atoms with Crippen molar-refractivity contribution < 1.29 is 22.8 Å². The highest BCUT2D eigenvalue weighted by molar-refractivity contribution is 7.09. The largest absolute Gasteiger partial charge is 0.389 e. The molecule has 26 heavy (non-hydrogen) atoms. The van der Waals surface area contributed by atoms with Gasteiger partial charge >= 0.3 is 6.18 Å². The van der Waals surface area contributed by atoms with E-state index in [2.05, 4.69) is 17.5 Å². The van der Waals surface area contributed by atoms with E-state index >= 15 is 0 Å². The number of carbonyl (C=O) groups is 2. The number of carbonyl (C=O) groups excluding carboxylic acids is 2. The molecule has 0 fully saturated rings. The van der Waals surface area contributed by atoms with Crippen molar-refractivity contribution in [1.29, 1.82) is 0 Å². The van der Waals surface area contributed by atoms with E-state index in [9.17, 15) is 22.8 Å². The minimum absolute atomic E-state index is 0.121. The molecule has 1 aliphatic carbocycles. The number of rotatable bonds is 9. The van der Waals surface area contributed by atoms with Crippen molar-refractivity contribution in [3.8, 4) is 0 Å². The van der Waals surface area contributed by atoms with E-state index in [1.165, 1.54) is 42.0 Å². The molecule has 6 heteroatoms. The zero-order valence-electron chi connectivity index (χ0n) is 14.8. The summed E-state index contributed by atoms with van der Waals surface area (Å²) < 4.78 is 35.6. The molecule has 0 bridgehead atoms. The lowest BCUT2D eigenvalue weighted by Gasteiger charge is -2.05. The molecule has 2 rings (SSSR count). The molecule has 0 saturated heterocycles. The molecule has 0 aromatic carbocycles. The second-order valence-electron chi connectivity index (χ2n) is 6.14. The maximum absolute atomic E-state index is 11.9. The van der Waals surface area contributed by atoms with Gasteiger partial charge in [0, 0.05) is 11.3 Å². The first-order valence-corrected chi connectivity index (χ1v) is 9.78. The molecule has 1 heterocycles. The summed E-state index contributed by atoms with van der Waals surface area (Å²) in [5, 5.41) is 2.09. The average molecular weight is 386 g/mol. The van der Waals surface area contributed by atoms with Crippen LogP contribution in [-0.4, -0.2) is 17.7 Å². The predicted octanol–water partition coefficient (Wildman–Crippen LogP) is 6.22. The number of aryl methyl sites for hydroxylation is 1. The standard InChI is InChI=1S/C14H21F3S.C6H4O2/c15-14(16,17)11-7-5-3-1-2-4-6-9-13-10-8-12-18-13;7-5-1-2-6(8)4-3-5/h8,10,12H,1-7,9,11H2;1-4H. The molecule has 1 aromatic rings. The molecule has 0 atom stereocenters. The Balaban J connectivity index is 0.000000350. The Labute approximate surface area is 156 Å². The number of halogens is 3. The SMILES string of the molecule is FC(F)(F)CCCCCCCCCc1cccs1.O=C1C=CC(=O)C=C1. The van der Waals surface area contributed by atoms with Crippen LogP contribution in [0.3, 0.4) is 0 Å². The maximum atomic E-state index is 11.9. The van der Waals surface area contributed by atoms with Gasteiger partial charge in [0.15, 0.2) is 11.6 Å². The molecule has 144 valence electrons. The van der Waals surface area contributed by atoms with Gasteiger partial charge in [0.2, 0.25) is 0 Å². The van der Waals surface area contributed by atoms with Gasteiger partial charge < -0.3 is 0 Å². The number of allylic oxidation sites excluding steroid dienone is 4. The van der Waals surface area contributed by atoms with Gasteiger partial charge in [-0.05, 0) is 55.0 Å².